The molecular weight excluding hydrogens is 356 g/mol. The lowest BCUT2D eigenvalue weighted by atomic mass is 10.2. The molecule has 1 fully saturated rings. The fraction of sp³-hybridized carbons (Fsp3) is 0.882. The molecule has 9 heteroatoms. The highest BCUT2D eigenvalue weighted by Gasteiger charge is 2.28. The van der Waals surface area contributed by atoms with E-state index in [2.05, 4.69) is 34.8 Å². The molecule has 1 atom stereocenters. The van der Waals surface area contributed by atoms with Crippen LogP contribution >= 0.6 is 0 Å². The van der Waals surface area contributed by atoms with Crippen molar-refractivity contribution in [3.8, 4) is 0 Å². The van der Waals surface area contributed by atoms with E-state index < -0.39 is 9.84 Å². The lowest BCUT2D eigenvalue weighted by molar-refractivity contribution is -0.121. The molecule has 1 aliphatic rings. The van der Waals surface area contributed by atoms with Crippen LogP contribution in [0.5, 0.6) is 0 Å². The summed E-state index contributed by atoms with van der Waals surface area (Å²) in [5.74, 6) is 1.28. The van der Waals surface area contributed by atoms with Crippen molar-refractivity contribution in [1.82, 2.24) is 16.0 Å². The smallest absolute Gasteiger partial charge is 0.222 e. The zero-order valence-corrected chi connectivity index (χ0v) is 17.0. The number of hydrogen-bond acceptors (Lipinski definition) is 5. The largest absolute Gasteiger partial charge is 0.381 e. The molecule has 1 aliphatic heterocycles. The lowest BCUT2D eigenvalue weighted by Crippen LogP contribution is -2.41. The molecule has 0 aromatic heterocycles. The van der Waals surface area contributed by atoms with Crippen molar-refractivity contribution < 1.29 is 17.9 Å². The maximum atomic E-state index is 11.9. The number of nitrogens with one attached hydrogen (secondary N) is 3. The Balaban J connectivity index is 2.21. The van der Waals surface area contributed by atoms with Gasteiger partial charge in [0.1, 0.15) is 0 Å². The number of aliphatic imine (C=N–C) groups is 1. The second-order valence-corrected chi connectivity index (χ2v) is 9.16. The summed E-state index contributed by atoms with van der Waals surface area (Å²) in [5, 5.41) is 9.04. The molecule has 1 saturated heterocycles. The van der Waals surface area contributed by atoms with E-state index in [9.17, 15) is 13.2 Å². The monoisotopic (exact) mass is 390 g/mol. The van der Waals surface area contributed by atoms with Gasteiger partial charge in [-0.15, -0.1) is 0 Å². The van der Waals surface area contributed by atoms with Gasteiger partial charge < -0.3 is 20.7 Å². The SMILES string of the molecule is CCNC(=NCCCOCC(C)C)NCCC(=O)NC1CCS(=O)(=O)C1. The first kappa shape index (κ1) is 22.7. The highest BCUT2D eigenvalue weighted by Crippen LogP contribution is 2.11. The average molecular weight is 391 g/mol. The fourth-order valence-electron chi connectivity index (χ4n) is 2.52. The van der Waals surface area contributed by atoms with Crippen LogP contribution in [0.1, 0.15) is 40.0 Å². The van der Waals surface area contributed by atoms with Gasteiger partial charge in [-0.3, -0.25) is 9.79 Å². The van der Waals surface area contributed by atoms with Gasteiger partial charge in [-0.1, -0.05) is 13.8 Å². The predicted octanol–water partition coefficient (Wildman–Crippen LogP) is 0.298. The third-order valence-electron chi connectivity index (χ3n) is 3.75. The maximum Gasteiger partial charge on any atom is 0.222 e. The molecule has 0 spiro atoms. The number of carbonyl (C=O) groups is 1. The van der Waals surface area contributed by atoms with E-state index in [-0.39, 0.29) is 29.9 Å². The highest BCUT2D eigenvalue weighted by atomic mass is 32.2. The molecule has 26 heavy (non-hydrogen) atoms. The number of nitrogens with zero attached hydrogens (tertiary/aromatic N) is 1. The van der Waals surface area contributed by atoms with Crippen molar-refractivity contribution in [2.24, 2.45) is 10.9 Å². The van der Waals surface area contributed by atoms with Crippen molar-refractivity contribution in [3.63, 3.8) is 0 Å². The van der Waals surface area contributed by atoms with Crippen molar-refractivity contribution >= 4 is 21.7 Å². The molecule has 0 aromatic carbocycles. The van der Waals surface area contributed by atoms with Crippen molar-refractivity contribution in [2.75, 3.05) is 44.4 Å². The molecule has 1 unspecified atom stereocenters. The minimum atomic E-state index is -2.97. The Labute approximate surface area is 157 Å². The zero-order chi connectivity index (χ0) is 19.4. The van der Waals surface area contributed by atoms with Gasteiger partial charge >= 0.3 is 0 Å². The molecule has 3 N–H and O–H groups in total. The first-order valence-electron chi connectivity index (χ1n) is 9.42. The van der Waals surface area contributed by atoms with Gasteiger partial charge in [-0.05, 0) is 25.7 Å². The summed E-state index contributed by atoms with van der Waals surface area (Å²) in [6.07, 6.45) is 1.63. The topological polar surface area (TPSA) is 109 Å². The summed E-state index contributed by atoms with van der Waals surface area (Å²) in [6.45, 7) is 9.51. The van der Waals surface area contributed by atoms with E-state index in [0.29, 0.717) is 38.0 Å². The minimum Gasteiger partial charge on any atom is -0.381 e. The molecule has 0 bridgehead atoms. The van der Waals surface area contributed by atoms with Gasteiger partial charge in [0, 0.05) is 45.3 Å². The molecule has 152 valence electrons. The third kappa shape index (κ3) is 10.6. The van der Waals surface area contributed by atoms with Gasteiger partial charge in [0.15, 0.2) is 15.8 Å². The molecule has 1 amide bonds. The van der Waals surface area contributed by atoms with Crippen molar-refractivity contribution in [2.45, 2.75) is 46.1 Å². The number of sulfone groups is 1. The Morgan fingerprint density at radius 2 is 2.08 bits per heavy atom. The Bertz CT molecular complexity index is 549. The van der Waals surface area contributed by atoms with Crippen LogP contribution in [0.2, 0.25) is 0 Å². The molecule has 1 heterocycles. The van der Waals surface area contributed by atoms with E-state index in [1.807, 2.05) is 6.92 Å². The van der Waals surface area contributed by atoms with E-state index in [4.69, 9.17) is 4.74 Å². The Morgan fingerprint density at radius 3 is 2.69 bits per heavy atom. The van der Waals surface area contributed by atoms with E-state index >= 15 is 0 Å². The number of guanidine groups is 1. The second kappa shape index (κ2) is 12.1. The standard InChI is InChI=1S/C17H34N4O4S/c1-4-18-17(19-8-5-10-25-12-14(2)3)20-9-6-16(22)21-15-7-11-26(23,24)13-15/h14-15H,4-13H2,1-3H3,(H,21,22)(H2,18,19,20). The quantitative estimate of drug-likeness (QED) is 0.266. The van der Waals surface area contributed by atoms with Crippen LogP contribution in [-0.4, -0.2) is 70.7 Å². The highest BCUT2D eigenvalue weighted by molar-refractivity contribution is 7.91. The molecule has 0 saturated carbocycles. The summed E-state index contributed by atoms with van der Waals surface area (Å²) in [5.41, 5.74) is 0. The average Bonchev–Trinajstić information content (AvgIpc) is 2.88. The van der Waals surface area contributed by atoms with Crippen LogP contribution in [0.4, 0.5) is 0 Å². The Morgan fingerprint density at radius 1 is 1.31 bits per heavy atom. The maximum absolute atomic E-state index is 11.9. The van der Waals surface area contributed by atoms with Crippen LogP contribution in [-0.2, 0) is 19.4 Å². The zero-order valence-electron chi connectivity index (χ0n) is 16.2. The first-order chi connectivity index (χ1) is 12.3. The van der Waals surface area contributed by atoms with E-state index in [0.717, 1.165) is 19.6 Å². The van der Waals surface area contributed by atoms with Gasteiger partial charge in [0.2, 0.25) is 5.91 Å². The predicted molar refractivity (Wildman–Crippen MR) is 104 cm³/mol. The van der Waals surface area contributed by atoms with Crippen LogP contribution in [0, 0.1) is 5.92 Å². The van der Waals surface area contributed by atoms with Crippen molar-refractivity contribution in [1.29, 1.82) is 0 Å². The van der Waals surface area contributed by atoms with Gasteiger partial charge in [0.25, 0.3) is 0 Å². The van der Waals surface area contributed by atoms with Crippen LogP contribution in [0.3, 0.4) is 0 Å². The summed E-state index contributed by atoms with van der Waals surface area (Å²) in [7, 11) is -2.97. The normalized spacial score (nSPS) is 19.5. The summed E-state index contributed by atoms with van der Waals surface area (Å²) < 4.78 is 28.3. The number of amides is 1. The first-order valence-corrected chi connectivity index (χ1v) is 11.2. The van der Waals surface area contributed by atoms with Crippen molar-refractivity contribution in [3.05, 3.63) is 0 Å². The van der Waals surface area contributed by atoms with Crippen LogP contribution < -0.4 is 16.0 Å². The molecular formula is C17H34N4O4S. The summed E-state index contributed by atoms with van der Waals surface area (Å²) >= 11 is 0. The van der Waals surface area contributed by atoms with E-state index in [1.165, 1.54) is 0 Å². The number of hydrogen-bond donors (Lipinski definition) is 3. The van der Waals surface area contributed by atoms with Crippen LogP contribution in [0.15, 0.2) is 4.99 Å². The molecule has 0 aliphatic carbocycles. The number of ether oxygens (including phenoxy) is 1. The van der Waals surface area contributed by atoms with Crippen LogP contribution in [0.25, 0.3) is 0 Å². The van der Waals surface area contributed by atoms with Gasteiger partial charge in [-0.2, -0.15) is 0 Å². The molecule has 0 radical (unpaired) electrons. The van der Waals surface area contributed by atoms with Gasteiger partial charge in [0.05, 0.1) is 11.5 Å². The molecule has 0 aromatic rings. The fourth-order valence-corrected chi connectivity index (χ4v) is 4.19. The lowest BCUT2D eigenvalue weighted by Gasteiger charge is -2.13. The van der Waals surface area contributed by atoms with E-state index in [1.54, 1.807) is 0 Å². The molecule has 1 rings (SSSR count). The Hall–Kier alpha value is -1.35. The number of rotatable bonds is 11. The summed E-state index contributed by atoms with van der Waals surface area (Å²) in [6, 6.07) is -0.250. The minimum absolute atomic E-state index is 0.0507. The third-order valence-corrected chi connectivity index (χ3v) is 5.52. The second-order valence-electron chi connectivity index (χ2n) is 6.93. The van der Waals surface area contributed by atoms with Gasteiger partial charge in [-0.25, -0.2) is 8.42 Å². The summed E-state index contributed by atoms with van der Waals surface area (Å²) in [4.78, 5) is 16.4. The number of carbonyl (C=O) groups excluding carboxylic acids is 1. The Kier molecular flexibility index (Phi) is 10.6. The molecule has 8 nitrogen and oxygen atoms in total.